The Hall–Kier alpha value is -0.730. The second kappa shape index (κ2) is 5.72. The third-order valence-corrected chi connectivity index (χ3v) is 4.15. The van der Waals surface area contributed by atoms with Crippen molar-refractivity contribution in [3.05, 3.63) is 29.0 Å². The molecular formula is C15H20Cl2N2. The number of para-hydroxylation sites is 1. The van der Waals surface area contributed by atoms with E-state index in [2.05, 4.69) is 30.3 Å². The first-order chi connectivity index (χ1) is 8.98. The fourth-order valence-electron chi connectivity index (χ4n) is 2.18. The molecule has 0 bridgehead atoms. The molecular weight excluding hydrogens is 279 g/mol. The lowest BCUT2D eigenvalue weighted by atomic mass is 9.90. The SMILES string of the molecule is CCC(C)(C)Cn1c(CCCl)nc2cccc(Cl)c21. The van der Waals surface area contributed by atoms with E-state index >= 15 is 0 Å². The molecule has 104 valence electrons. The number of aryl methyl sites for hydroxylation is 1. The number of fused-ring (bicyclic) bond motifs is 1. The van der Waals surface area contributed by atoms with Crippen LogP contribution in [0.3, 0.4) is 0 Å². The van der Waals surface area contributed by atoms with Gasteiger partial charge in [0.15, 0.2) is 0 Å². The molecule has 0 radical (unpaired) electrons. The third-order valence-electron chi connectivity index (χ3n) is 3.66. The molecule has 1 aromatic carbocycles. The van der Waals surface area contributed by atoms with E-state index in [0.717, 1.165) is 41.3 Å². The lowest BCUT2D eigenvalue weighted by Crippen LogP contribution is -2.20. The minimum Gasteiger partial charge on any atom is -0.326 e. The third kappa shape index (κ3) is 3.06. The summed E-state index contributed by atoms with van der Waals surface area (Å²) in [6, 6.07) is 5.87. The number of halogens is 2. The fraction of sp³-hybridized carbons (Fsp3) is 0.533. The zero-order valence-electron chi connectivity index (χ0n) is 11.7. The number of aromatic nitrogens is 2. The predicted octanol–water partition coefficient (Wildman–Crippen LogP) is 4.91. The van der Waals surface area contributed by atoms with Crippen LogP contribution in [-0.4, -0.2) is 15.4 Å². The maximum Gasteiger partial charge on any atom is 0.111 e. The molecule has 0 fully saturated rings. The van der Waals surface area contributed by atoms with Crippen molar-refractivity contribution < 1.29 is 0 Å². The highest BCUT2D eigenvalue weighted by Crippen LogP contribution is 2.30. The van der Waals surface area contributed by atoms with Gasteiger partial charge in [-0.05, 0) is 24.0 Å². The van der Waals surface area contributed by atoms with Crippen molar-refractivity contribution in [1.82, 2.24) is 9.55 Å². The van der Waals surface area contributed by atoms with Crippen LogP contribution in [0.25, 0.3) is 11.0 Å². The Balaban J connectivity index is 2.57. The molecule has 1 aromatic heterocycles. The quantitative estimate of drug-likeness (QED) is 0.717. The van der Waals surface area contributed by atoms with E-state index < -0.39 is 0 Å². The van der Waals surface area contributed by atoms with Crippen LogP contribution in [0, 0.1) is 5.41 Å². The lowest BCUT2D eigenvalue weighted by Gasteiger charge is -2.25. The molecule has 0 N–H and O–H groups in total. The standard InChI is InChI=1S/C15H20Cl2N2/c1-4-15(2,3)10-19-13(8-9-16)18-12-7-5-6-11(17)14(12)19/h5-7H,4,8-10H2,1-3H3. The summed E-state index contributed by atoms with van der Waals surface area (Å²) in [5.74, 6) is 1.60. The predicted molar refractivity (Wildman–Crippen MR) is 83.2 cm³/mol. The van der Waals surface area contributed by atoms with Crippen LogP contribution in [0.15, 0.2) is 18.2 Å². The Morgan fingerprint density at radius 1 is 1.32 bits per heavy atom. The zero-order valence-corrected chi connectivity index (χ0v) is 13.2. The number of imidazole rings is 1. The molecule has 0 unspecified atom stereocenters. The van der Waals surface area contributed by atoms with Crippen LogP contribution in [0.5, 0.6) is 0 Å². The van der Waals surface area contributed by atoms with Gasteiger partial charge in [0.1, 0.15) is 5.82 Å². The molecule has 0 amide bonds. The van der Waals surface area contributed by atoms with Crippen molar-refractivity contribution in [2.75, 3.05) is 5.88 Å². The highest BCUT2D eigenvalue weighted by atomic mass is 35.5. The molecule has 1 heterocycles. The number of nitrogens with zero attached hydrogens (tertiary/aromatic N) is 2. The second-order valence-corrected chi connectivity index (χ2v) is 6.46. The van der Waals surface area contributed by atoms with E-state index in [-0.39, 0.29) is 5.41 Å². The largest absolute Gasteiger partial charge is 0.326 e. The molecule has 0 spiro atoms. The van der Waals surface area contributed by atoms with Crippen molar-refractivity contribution in [3.8, 4) is 0 Å². The molecule has 4 heteroatoms. The zero-order chi connectivity index (χ0) is 14.0. The van der Waals surface area contributed by atoms with E-state index in [0.29, 0.717) is 5.88 Å². The molecule has 0 aliphatic rings. The molecule has 0 saturated carbocycles. The average molecular weight is 299 g/mol. The summed E-state index contributed by atoms with van der Waals surface area (Å²) in [5.41, 5.74) is 2.21. The van der Waals surface area contributed by atoms with Crippen LogP contribution in [0.2, 0.25) is 5.02 Å². The molecule has 2 aromatic rings. The van der Waals surface area contributed by atoms with Gasteiger partial charge < -0.3 is 4.57 Å². The first kappa shape index (κ1) is 14.7. The van der Waals surface area contributed by atoms with Crippen LogP contribution in [0.4, 0.5) is 0 Å². The van der Waals surface area contributed by atoms with Crippen molar-refractivity contribution in [1.29, 1.82) is 0 Å². The van der Waals surface area contributed by atoms with E-state index in [1.807, 2.05) is 18.2 Å². The number of benzene rings is 1. The van der Waals surface area contributed by atoms with Gasteiger partial charge in [0.05, 0.1) is 16.1 Å². The molecule has 0 atom stereocenters. The second-order valence-electron chi connectivity index (χ2n) is 5.68. The van der Waals surface area contributed by atoms with Gasteiger partial charge in [0.25, 0.3) is 0 Å². The van der Waals surface area contributed by atoms with Crippen molar-refractivity contribution in [2.45, 2.75) is 40.2 Å². The minimum atomic E-state index is 0.216. The Bertz CT molecular complexity index is 573. The van der Waals surface area contributed by atoms with Crippen molar-refractivity contribution >= 4 is 34.2 Å². The maximum atomic E-state index is 6.35. The van der Waals surface area contributed by atoms with Gasteiger partial charge in [-0.1, -0.05) is 38.4 Å². The van der Waals surface area contributed by atoms with Gasteiger partial charge in [0.2, 0.25) is 0 Å². The van der Waals surface area contributed by atoms with Gasteiger partial charge in [0, 0.05) is 18.8 Å². The fourth-order valence-corrected chi connectivity index (χ4v) is 2.62. The molecule has 19 heavy (non-hydrogen) atoms. The molecule has 0 saturated heterocycles. The summed E-state index contributed by atoms with van der Waals surface area (Å²) < 4.78 is 2.24. The lowest BCUT2D eigenvalue weighted by molar-refractivity contribution is 0.294. The number of hydrogen-bond acceptors (Lipinski definition) is 1. The normalized spacial score (nSPS) is 12.3. The highest BCUT2D eigenvalue weighted by Gasteiger charge is 2.21. The van der Waals surface area contributed by atoms with Gasteiger partial charge in [-0.15, -0.1) is 11.6 Å². The van der Waals surface area contributed by atoms with Crippen LogP contribution < -0.4 is 0 Å². The molecule has 2 rings (SSSR count). The van der Waals surface area contributed by atoms with Crippen molar-refractivity contribution in [2.24, 2.45) is 5.41 Å². The Morgan fingerprint density at radius 2 is 2.05 bits per heavy atom. The first-order valence-electron chi connectivity index (χ1n) is 6.68. The summed E-state index contributed by atoms with van der Waals surface area (Å²) >= 11 is 12.2. The summed E-state index contributed by atoms with van der Waals surface area (Å²) in [5, 5.41) is 0.762. The number of alkyl halides is 1. The molecule has 2 nitrogen and oxygen atoms in total. The summed E-state index contributed by atoms with van der Waals surface area (Å²) in [4.78, 5) is 4.68. The summed E-state index contributed by atoms with van der Waals surface area (Å²) in [7, 11) is 0. The minimum absolute atomic E-state index is 0.216. The van der Waals surface area contributed by atoms with E-state index in [4.69, 9.17) is 23.2 Å². The molecule has 0 aliphatic carbocycles. The average Bonchev–Trinajstić information content (AvgIpc) is 2.69. The first-order valence-corrected chi connectivity index (χ1v) is 7.59. The number of hydrogen-bond donors (Lipinski definition) is 0. The topological polar surface area (TPSA) is 17.8 Å². The van der Waals surface area contributed by atoms with Gasteiger partial charge in [-0.25, -0.2) is 4.98 Å². The van der Waals surface area contributed by atoms with E-state index in [1.165, 1.54) is 0 Å². The maximum absolute atomic E-state index is 6.35. The molecule has 0 aliphatic heterocycles. The smallest absolute Gasteiger partial charge is 0.111 e. The van der Waals surface area contributed by atoms with Crippen LogP contribution in [-0.2, 0) is 13.0 Å². The van der Waals surface area contributed by atoms with Gasteiger partial charge in [-0.3, -0.25) is 0 Å². The van der Waals surface area contributed by atoms with Gasteiger partial charge >= 0.3 is 0 Å². The Morgan fingerprint density at radius 3 is 2.68 bits per heavy atom. The Kier molecular flexibility index (Phi) is 4.42. The summed E-state index contributed by atoms with van der Waals surface area (Å²) in [6.07, 6.45) is 1.88. The van der Waals surface area contributed by atoms with E-state index in [9.17, 15) is 0 Å². The highest BCUT2D eigenvalue weighted by molar-refractivity contribution is 6.35. The van der Waals surface area contributed by atoms with Crippen molar-refractivity contribution in [3.63, 3.8) is 0 Å². The summed E-state index contributed by atoms with van der Waals surface area (Å²) in [6.45, 7) is 7.65. The number of rotatable bonds is 5. The monoisotopic (exact) mass is 298 g/mol. The Labute approximate surface area is 124 Å². The van der Waals surface area contributed by atoms with E-state index in [1.54, 1.807) is 0 Å². The van der Waals surface area contributed by atoms with Crippen LogP contribution in [0.1, 0.15) is 33.0 Å². The van der Waals surface area contributed by atoms with Gasteiger partial charge in [-0.2, -0.15) is 0 Å². The van der Waals surface area contributed by atoms with Crippen LogP contribution >= 0.6 is 23.2 Å².